The van der Waals surface area contributed by atoms with Crippen LogP contribution < -0.4 is 5.73 Å². The minimum atomic E-state index is -4.54. The molecule has 1 fully saturated rings. The molecule has 40 heavy (non-hydrogen) atoms. The van der Waals surface area contributed by atoms with Crippen molar-refractivity contribution >= 4 is 23.2 Å². The van der Waals surface area contributed by atoms with E-state index in [1.807, 2.05) is 0 Å². The van der Waals surface area contributed by atoms with E-state index in [9.17, 15) is 48.0 Å². The number of rotatable bonds is 3. The second-order valence-corrected chi connectivity index (χ2v) is 10.5. The Kier molecular flexibility index (Phi) is 6.12. The fourth-order valence-corrected chi connectivity index (χ4v) is 6.35. The van der Waals surface area contributed by atoms with Crippen LogP contribution in [0.5, 0.6) is 5.75 Å². The molecule has 210 valence electrons. The summed E-state index contributed by atoms with van der Waals surface area (Å²) < 4.78 is 39.3. The number of aliphatic hydroxyl groups excluding tert-OH is 2. The number of nitrogens with zero attached hydrogens (tertiary/aromatic N) is 1. The molecule has 1 saturated carbocycles. The number of carbonyl (C=O) groups is 3. The quantitative estimate of drug-likeness (QED) is 0.359. The summed E-state index contributed by atoms with van der Waals surface area (Å²) in [5, 5.41) is 44.5. The van der Waals surface area contributed by atoms with Crippen LogP contribution in [0, 0.1) is 11.8 Å². The van der Waals surface area contributed by atoms with Crippen LogP contribution in [0.1, 0.15) is 23.1 Å². The largest absolute Gasteiger partial charge is 0.508 e. The number of benzene rings is 2. The van der Waals surface area contributed by atoms with Crippen LogP contribution in [0.15, 0.2) is 53.3 Å². The molecule has 0 heterocycles. The van der Waals surface area contributed by atoms with Crippen molar-refractivity contribution in [2.45, 2.75) is 30.7 Å². The number of likely N-dealkylation sites (N-methyl/N-ethyl adjacent to an activating group) is 1. The second-order valence-electron chi connectivity index (χ2n) is 10.5. The molecule has 0 bridgehead atoms. The SMILES string of the molecule is CN(C)[C@@H]1C(=O)C(C(N)=O)=C(O)[C@]2(O)C(=O)C3=C(O)c4c(O)ccc(-c5ccc(C(F)(F)F)cc5)c4C[C@@H]3C[C@@H]12. The fourth-order valence-electron chi connectivity index (χ4n) is 6.35. The summed E-state index contributed by atoms with van der Waals surface area (Å²) in [6, 6.07) is 5.80. The number of alkyl halides is 3. The van der Waals surface area contributed by atoms with Gasteiger partial charge in [-0.25, -0.2) is 0 Å². The lowest BCUT2D eigenvalue weighted by molar-refractivity contribution is -0.153. The van der Waals surface area contributed by atoms with Gasteiger partial charge < -0.3 is 26.2 Å². The van der Waals surface area contributed by atoms with Crippen LogP contribution in [-0.4, -0.2) is 68.5 Å². The maximum Gasteiger partial charge on any atom is 0.416 e. The first kappa shape index (κ1) is 27.4. The first-order chi connectivity index (χ1) is 18.6. The van der Waals surface area contributed by atoms with Gasteiger partial charge in [-0.05, 0) is 67.7 Å². The highest BCUT2D eigenvalue weighted by Crippen LogP contribution is 2.53. The van der Waals surface area contributed by atoms with Crippen molar-refractivity contribution in [1.82, 2.24) is 4.90 Å². The summed E-state index contributed by atoms with van der Waals surface area (Å²) in [4.78, 5) is 40.5. The summed E-state index contributed by atoms with van der Waals surface area (Å²) >= 11 is 0. The lowest BCUT2D eigenvalue weighted by atomic mass is 9.57. The number of hydrogen-bond donors (Lipinski definition) is 5. The van der Waals surface area contributed by atoms with Gasteiger partial charge in [0.25, 0.3) is 5.91 Å². The molecule has 6 N–H and O–H groups in total. The molecule has 0 aliphatic heterocycles. The second kappa shape index (κ2) is 8.93. The summed E-state index contributed by atoms with van der Waals surface area (Å²) in [7, 11) is 2.99. The molecule has 0 radical (unpaired) electrons. The standard InChI is InChI=1S/C28H25F3N2O7/c1-33(2)21-16-10-12-9-15-14(11-3-5-13(6-4-11)28(29,30)31)7-8-17(34)19(15)22(35)18(12)24(37)27(16,40)25(38)20(23(21)36)26(32)39/h3-8,12,16,21,34-35,38,40H,9-10H2,1-2H3,(H2,32,39)/t12-,16+,21+,27-/m1/s1. The third-order valence-corrected chi connectivity index (χ3v) is 8.13. The van der Waals surface area contributed by atoms with Gasteiger partial charge in [-0.3, -0.25) is 19.3 Å². The molecule has 9 nitrogen and oxygen atoms in total. The van der Waals surface area contributed by atoms with Crippen LogP contribution in [0.3, 0.4) is 0 Å². The molecule has 0 saturated heterocycles. The highest BCUT2D eigenvalue weighted by Gasteiger charge is 2.64. The van der Waals surface area contributed by atoms with Crippen molar-refractivity contribution in [3.63, 3.8) is 0 Å². The predicted octanol–water partition coefficient (Wildman–Crippen LogP) is 2.65. The average molecular weight is 559 g/mol. The summed E-state index contributed by atoms with van der Waals surface area (Å²) in [5.41, 5.74) is 1.45. The number of phenols is 1. The lowest BCUT2D eigenvalue weighted by Gasteiger charge is -2.50. The van der Waals surface area contributed by atoms with Crippen molar-refractivity contribution in [2.24, 2.45) is 17.6 Å². The van der Waals surface area contributed by atoms with E-state index in [0.29, 0.717) is 16.7 Å². The van der Waals surface area contributed by atoms with Gasteiger partial charge in [0, 0.05) is 11.5 Å². The van der Waals surface area contributed by atoms with Crippen LogP contribution >= 0.6 is 0 Å². The molecule has 0 aromatic heterocycles. The van der Waals surface area contributed by atoms with E-state index < -0.39 is 75.5 Å². The number of aliphatic hydroxyl groups is 3. The molecule has 0 spiro atoms. The van der Waals surface area contributed by atoms with Crippen molar-refractivity contribution in [3.05, 3.63) is 70.0 Å². The van der Waals surface area contributed by atoms with Crippen LogP contribution in [0.2, 0.25) is 0 Å². The van der Waals surface area contributed by atoms with Crippen molar-refractivity contribution in [2.75, 3.05) is 14.1 Å². The number of amides is 1. The minimum Gasteiger partial charge on any atom is -0.508 e. The Balaban J connectivity index is 1.70. The first-order valence-electron chi connectivity index (χ1n) is 12.3. The first-order valence-corrected chi connectivity index (χ1v) is 12.3. The monoisotopic (exact) mass is 558 g/mol. The molecule has 12 heteroatoms. The molecule has 3 aliphatic rings. The number of fused-ring (bicyclic) bond motifs is 3. The molecule has 2 aromatic carbocycles. The number of aromatic hydroxyl groups is 1. The lowest BCUT2D eigenvalue weighted by Crippen LogP contribution is -2.65. The van der Waals surface area contributed by atoms with E-state index in [-0.39, 0.29) is 24.0 Å². The van der Waals surface area contributed by atoms with Crippen molar-refractivity contribution in [3.8, 4) is 16.9 Å². The summed E-state index contributed by atoms with van der Waals surface area (Å²) in [6.07, 6.45) is -4.63. The Morgan fingerprint density at radius 3 is 2.23 bits per heavy atom. The Morgan fingerprint density at radius 1 is 1.05 bits per heavy atom. The maximum atomic E-state index is 13.9. The molecule has 1 amide bonds. The average Bonchev–Trinajstić information content (AvgIpc) is 2.85. The third-order valence-electron chi connectivity index (χ3n) is 8.13. The number of nitrogens with two attached hydrogens (primary N) is 1. The molecule has 3 aliphatic carbocycles. The Bertz CT molecular complexity index is 1540. The molecule has 4 atom stereocenters. The van der Waals surface area contributed by atoms with E-state index in [1.165, 1.54) is 43.3 Å². The van der Waals surface area contributed by atoms with Gasteiger partial charge in [-0.15, -0.1) is 0 Å². The minimum absolute atomic E-state index is 0.0132. The maximum absolute atomic E-state index is 13.9. The van der Waals surface area contributed by atoms with Gasteiger partial charge in [0.15, 0.2) is 11.4 Å². The van der Waals surface area contributed by atoms with Crippen LogP contribution in [-0.2, 0) is 27.0 Å². The Hall–Kier alpha value is -4.16. The number of phenolic OH excluding ortho intramolecular Hbond substituents is 1. The number of carbonyl (C=O) groups excluding carboxylic acids is 3. The van der Waals surface area contributed by atoms with Gasteiger partial charge in [0.05, 0.1) is 17.2 Å². The highest BCUT2D eigenvalue weighted by atomic mass is 19.4. The van der Waals surface area contributed by atoms with Gasteiger partial charge >= 0.3 is 6.18 Å². The number of Topliss-reactive ketones (excluding diaryl/α,β-unsaturated/α-hetero) is 2. The highest BCUT2D eigenvalue weighted by molar-refractivity contribution is 6.24. The molecular weight excluding hydrogens is 533 g/mol. The predicted molar refractivity (Wildman–Crippen MR) is 135 cm³/mol. The third kappa shape index (κ3) is 3.74. The summed E-state index contributed by atoms with van der Waals surface area (Å²) in [6.45, 7) is 0. The topological polar surface area (TPSA) is 161 Å². The summed E-state index contributed by atoms with van der Waals surface area (Å²) in [5.74, 6) is -7.67. The van der Waals surface area contributed by atoms with Gasteiger partial charge in [-0.1, -0.05) is 18.2 Å². The number of primary amides is 1. The van der Waals surface area contributed by atoms with Crippen molar-refractivity contribution in [1.29, 1.82) is 0 Å². The van der Waals surface area contributed by atoms with Crippen molar-refractivity contribution < 1.29 is 48.0 Å². The number of hydrogen-bond acceptors (Lipinski definition) is 8. The van der Waals surface area contributed by atoms with Gasteiger partial charge in [0.2, 0.25) is 5.78 Å². The van der Waals surface area contributed by atoms with E-state index in [4.69, 9.17) is 5.73 Å². The molecule has 2 aromatic rings. The smallest absolute Gasteiger partial charge is 0.416 e. The normalized spacial score (nSPS) is 26.5. The fraction of sp³-hybridized carbons (Fsp3) is 0.321. The Morgan fingerprint density at radius 2 is 1.68 bits per heavy atom. The van der Waals surface area contributed by atoms with Crippen LogP contribution in [0.25, 0.3) is 16.9 Å². The molecule has 0 unspecified atom stereocenters. The molecule has 5 rings (SSSR count). The zero-order chi connectivity index (χ0) is 29.5. The van der Waals surface area contributed by atoms with Gasteiger partial charge in [0.1, 0.15) is 22.8 Å². The Labute approximate surface area is 225 Å². The van der Waals surface area contributed by atoms with Gasteiger partial charge in [-0.2, -0.15) is 13.2 Å². The van der Waals surface area contributed by atoms with Crippen LogP contribution in [0.4, 0.5) is 13.2 Å². The number of ketones is 2. The molecular formula is C28H25F3N2O7. The zero-order valence-corrected chi connectivity index (χ0v) is 21.3. The van der Waals surface area contributed by atoms with E-state index in [0.717, 1.165) is 12.1 Å². The van der Waals surface area contributed by atoms with E-state index in [2.05, 4.69) is 0 Å². The zero-order valence-electron chi connectivity index (χ0n) is 21.3. The van der Waals surface area contributed by atoms with E-state index in [1.54, 1.807) is 0 Å². The number of halogens is 3. The van der Waals surface area contributed by atoms with E-state index >= 15 is 0 Å².